The Bertz CT molecular complexity index is 465. The molecule has 0 spiro atoms. The van der Waals surface area contributed by atoms with Crippen LogP contribution in [-0.4, -0.2) is 36.1 Å². The zero-order valence-corrected chi connectivity index (χ0v) is 13.3. The molecule has 3 N–H and O–H groups in total. The Hall–Kier alpha value is -1.13. The molecule has 20 heavy (non-hydrogen) atoms. The zero-order chi connectivity index (χ0) is 14.5. The molecule has 3 nitrogen and oxygen atoms in total. The van der Waals surface area contributed by atoms with Crippen molar-refractivity contribution in [2.75, 3.05) is 31.5 Å². The molecule has 0 unspecified atom stereocenters. The van der Waals surface area contributed by atoms with Gasteiger partial charge in [0.1, 0.15) is 4.99 Å². The Morgan fingerprint density at radius 2 is 2.10 bits per heavy atom. The van der Waals surface area contributed by atoms with Gasteiger partial charge in [-0.05, 0) is 57.5 Å². The van der Waals surface area contributed by atoms with Gasteiger partial charge in [0.15, 0.2) is 0 Å². The highest BCUT2D eigenvalue weighted by Gasteiger charge is 2.18. The van der Waals surface area contributed by atoms with Crippen molar-refractivity contribution in [2.24, 2.45) is 11.7 Å². The molecule has 1 saturated heterocycles. The number of thiocarbonyl (C=S) groups is 1. The molecule has 2 rings (SSSR count). The van der Waals surface area contributed by atoms with E-state index in [9.17, 15) is 0 Å². The summed E-state index contributed by atoms with van der Waals surface area (Å²) in [6.07, 6.45) is 2.55. The fourth-order valence-corrected chi connectivity index (χ4v) is 2.95. The van der Waals surface area contributed by atoms with Crippen molar-refractivity contribution in [1.29, 1.82) is 0 Å². The van der Waals surface area contributed by atoms with Crippen molar-refractivity contribution in [3.8, 4) is 0 Å². The number of aryl methyl sites for hydroxylation is 1. The van der Waals surface area contributed by atoms with Gasteiger partial charge < -0.3 is 16.0 Å². The lowest BCUT2D eigenvalue weighted by molar-refractivity contribution is 0.198. The van der Waals surface area contributed by atoms with Crippen molar-refractivity contribution in [1.82, 2.24) is 4.90 Å². The van der Waals surface area contributed by atoms with Crippen LogP contribution < -0.4 is 11.1 Å². The molecule has 0 saturated carbocycles. The van der Waals surface area contributed by atoms with Gasteiger partial charge in [0, 0.05) is 17.8 Å². The second-order valence-corrected chi connectivity index (χ2v) is 6.11. The van der Waals surface area contributed by atoms with Crippen molar-refractivity contribution in [3.63, 3.8) is 0 Å². The fraction of sp³-hybridized carbons (Fsp3) is 0.562. The van der Waals surface area contributed by atoms with Crippen LogP contribution in [0.1, 0.15) is 30.9 Å². The summed E-state index contributed by atoms with van der Waals surface area (Å²) in [6.45, 7) is 8.92. The smallest absolute Gasteiger partial charge is 0.106 e. The minimum absolute atomic E-state index is 0.469. The molecule has 1 heterocycles. The Morgan fingerprint density at radius 1 is 1.40 bits per heavy atom. The number of benzene rings is 1. The Morgan fingerprint density at radius 3 is 2.70 bits per heavy atom. The first-order valence-electron chi connectivity index (χ1n) is 7.46. The third kappa shape index (κ3) is 3.93. The standard InChI is InChI=1S/C16H25N3S/c1-3-19-8-6-13(7-9-19)11-18-15-5-4-12(2)10-14(15)16(17)20/h4-5,10,13,18H,3,6-9,11H2,1-2H3,(H2,17,20). The molecule has 1 fully saturated rings. The highest BCUT2D eigenvalue weighted by Crippen LogP contribution is 2.21. The normalized spacial score (nSPS) is 17.1. The summed E-state index contributed by atoms with van der Waals surface area (Å²) in [6, 6.07) is 6.25. The van der Waals surface area contributed by atoms with E-state index in [0.717, 1.165) is 23.7 Å². The van der Waals surface area contributed by atoms with Gasteiger partial charge in [-0.1, -0.05) is 30.8 Å². The molecular weight excluding hydrogens is 266 g/mol. The van der Waals surface area contributed by atoms with Gasteiger partial charge in [0.25, 0.3) is 0 Å². The number of likely N-dealkylation sites (tertiary alicyclic amines) is 1. The number of rotatable bonds is 5. The van der Waals surface area contributed by atoms with Crippen LogP contribution >= 0.6 is 12.2 Å². The lowest BCUT2D eigenvalue weighted by atomic mass is 9.96. The molecule has 110 valence electrons. The van der Waals surface area contributed by atoms with E-state index in [4.69, 9.17) is 18.0 Å². The number of anilines is 1. The molecule has 0 bridgehead atoms. The maximum Gasteiger partial charge on any atom is 0.106 e. The summed E-state index contributed by atoms with van der Waals surface area (Å²) in [5, 5.41) is 3.54. The maximum atomic E-state index is 5.81. The van der Waals surface area contributed by atoms with Crippen molar-refractivity contribution >= 4 is 22.9 Å². The molecule has 0 aliphatic carbocycles. The number of hydrogen-bond donors (Lipinski definition) is 2. The number of piperidine rings is 1. The molecule has 0 aromatic heterocycles. The number of hydrogen-bond acceptors (Lipinski definition) is 3. The van der Waals surface area contributed by atoms with Crippen LogP contribution in [0.2, 0.25) is 0 Å². The highest BCUT2D eigenvalue weighted by atomic mass is 32.1. The highest BCUT2D eigenvalue weighted by molar-refractivity contribution is 7.80. The van der Waals surface area contributed by atoms with Crippen LogP contribution in [-0.2, 0) is 0 Å². The lowest BCUT2D eigenvalue weighted by Crippen LogP contribution is -2.35. The van der Waals surface area contributed by atoms with E-state index in [1.54, 1.807) is 0 Å². The molecule has 0 amide bonds. The summed E-state index contributed by atoms with van der Waals surface area (Å²) in [4.78, 5) is 2.99. The van der Waals surface area contributed by atoms with Crippen LogP contribution in [0.15, 0.2) is 18.2 Å². The summed E-state index contributed by atoms with van der Waals surface area (Å²) in [7, 11) is 0. The van der Waals surface area contributed by atoms with Gasteiger partial charge in [-0.2, -0.15) is 0 Å². The quantitative estimate of drug-likeness (QED) is 0.819. The molecule has 1 aromatic carbocycles. The lowest BCUT2D eigenvalue weighted by Gasteiger charge is -2.31. The van der Waals surface area contributed by atoms with E-state index in [1.807, 2.05) is 0 Å². The van der Waals surface area contributed by atoms with Crippen LogP contribution in [0, 0.1) is 12.8 Å². The van der Waals surface area contributed by atoms with E-state index in [1.165, 1.54) is 38.0 Å². The first-order chi connectivity index (χ1) is 9.60. The van der Waals surface area contributed by atoms with Crippen LogP contribution in [0.3, 0.4) is 0 Å². The van der Waals surface area contributed by atoms with Gasteiger partial charge in [-0.15, -0.1) is 0 Å². The molecule has 1 aromatic rings. The van der Waals surface area contributed by atoms with Crippen molar-refractivity contribution in [2.45, 2.75) is 26.7 Å². The minimum atomic E-state index is 0.469. The molecule has 0 radical (unpaired) electrons. The molecule has 1 aliphatic heterocycles. The van der Waals surface area contributed by atoms with Crippen LogP contribution in [0.25, 0.3) is 0 Å². The molecule has 4 heteroatoms. The predicted octanol–water partition coefficient (Wildman–Crippen LogP) is 2.77. The number of nitrogens with zero attached hydrogens (tertiary/aromatic N) is 1. The topological polar surface area (TPSA) is 41.3 Å². The van der Waals surface area contributed by atoms with E-state index in [0.29, 0.717) is 4.99 Å². The number of nitrogens with two attached hydrogens (primary N) is 1. The molecule has 0 atom stereocenters. The summed E-state index contributed by atoms with van der Waals surface area (Å²) >= 11 is 5.14. The Kier molecular flexibility index (Phi) is 5.38. The predicted molar refractivity (Wildman–Crippen MR) is 90.4 cm³/mol. The second kappa shape index (κ2) is 7.04. The summed E-state index contributed by atoms with van der Waals surface area (Å²) in [5.74, 6) is 0.748. The Balaban J connectivity index is 1.93. The first-order valence-corrected chi connectivity index (χ1v) is 7.87. The Labute approximate surface area is 127 Å². The third-order valence-corrected chi connectivity index (χ3v) is 4.40. The van der Waals surface area contributed by atoms with E-state index < -0.39 is 0 Å². The van der Waals surface area contributed by atoms with Gasteiger partial charge in [0.2, 0.25) is 0 Å². The largest absolute Gasteiger partial charge is 0.389 e. The maximum absolute atomic E-state index is 5.81. The van der Waals surface area contributed by atoms with Gasteiger partial charge in [-0.25, -0.2) is 0 Å². The van der Waals surface area contributed by atoms with Crippen molar-refractivity contribution < 1.29 is 0 Å². The van der Waals surface area contributed by atoms with Crippen LogP contribution in [0.5, 0.6) is 0 Å². The van der Waals surface area contributed by atoms with Gasteiger partial charge in [0.05, 0.1) is 0 Å². The summed E-state index contributed by atoms with van der Waals surface area (Å²) < 4.78 is 0. The second-order valence-electron chi connectivity index (χ2n) is 5.67. The van der Waals surface area contributed by atoms with Crippen molar-refractivity contribution in [3.05, 3.63) is 29.3 Å². The average Bonchev–Trinajstić information content (AvgIpc) is 2.46. The minimum Gasteiger partial charge on any atom is -0.389 e. The van der Waals surface area contributed by atoms with Gasteiger partial charge >= 0.3 is 0 Å². The third-order valence-electron chi connectivity index (χ3n) is 4.18. The fourth-order valence-electron chi connectivity index (χ4n) is 2.78. The van der Waals surface area contributed by atoms with Crippen LogP contribution in [0.4, 0.5) is 5.69 Å². The average molecular weight is 291 g/mol. The summed E-state index contributed by atoms with van der Waals surface area (Å²) in [5.41, 5.74) is 9.04. The molecular formula is C16H25N3S. The van der Waals surface area contributed by atoms with E-state index >= 15 is 0 Å². The SMILES string of the molecule is CCN1CCC(CNc2ccc(C)cc2C(N)=S)CC1. The zero-order valence-electron chi connectivity index (χ0n) is 12.5. The number of nitrogens with one attached hydrogen (secondary N) is 1. The van der Waals surface area contributed by atoms with E-state index in [2.05, 4.69) is 42.3 Å². The van der Waals surface area contributed by atoms with Gasteiger partial charge in [-0.3, -0.25) is 0 Å². The monoisotopic (exact) mass is 291 g/mol. The van der Waals surface area contributed by atoms with E-state index in [-0.39, 0.29) is 0 Å². The molecule has 1 aliphatic rings. The first kappa shape index (κ1) is 15.3.